The third-order valence-electron chi connectivity index (χ3n) is 8.26. The summed E-state index contributed by atoms with van der Waals surface area (Å²) in [5.74, 6) is 0. The number of para-hydroxylation sites is 1. The number of allylic oxidation sites excluding steroid dienone is 2. The number of aryl methyl sites for hydroxylation is 1. The van der Waals surface area contributed by atoms with Gasteiger partial charge in [-0.25, -0.2) is 0 Å². The molecule has 0 unspecified atom stereocenters. The van der Waals surface area contributed by atoms with Gasteiger partial charge in [0.1, 0.15) is 0 Å². The molecular formula is C40H32N2S. The maximum Gasteiger partial charge on any atom is 0.0619 e. The van der Waals surface area contributed by atoms with Crippen LogP contribution in [0.1, 0.15) is 34.4 Å². The van der Waals surface area contributed by atoms with Crippen LogP contribution in [-0.2, 0) is 6.42 Å². The van der Waals surface area contributed by atoms with Gasteiger partial charge in [-0.1, -0.05) is 109 Å². The monoisotopic (exact) mass is 572 g/mol. The Kier molecular flexibility index (Phi) is 7.40. The Morgan fingerprint density at radius 3 is 2.30 bits per heavy atom. The molecule has 1 N–H and O–H groups in total. The molecule has 6 aromatic rings. The van der Waals surface area contributed by atoms with E-state index in [4.69, 9.17) is 0 Å². The number of aromatic nitrogens is 1. The molecule has 0 saturated heterocycles. The van der Waals surface area contributed by atoms with Crippen molar-refractivity contribution in [1.82, 2.24) is 4.57 Å². The standard InChI is InChI=1S/C40H32N2S/c1-43-40-21-10-7-16-33(40)29-22-24-30(25-23-29)36(28-12-3-2-4-13-28)27-37(41)31-14-11-15-32(26-31)42-38-19-8-5-17-34(38)35-18-6-9-20-39(35)42/h2-5,7-17,19-27,41H,6,18H2,1H3/b36-27-,41-37?. The molecule has 0 radical (unpaired) electrons. The SMILES string of the molecule is CSc1ccccc1-c1ccc(/C(=C\C(=N)c2cccc(-n3c4c(c5ccccc53)CCC=C4)c2)c2ccccc2)cc1. The Morgan fingerprint density at radius 2 is 1.47 bits per heavy atom. The molecule has 1 aliphatic carbocycles. The van der Waals surface area contributed by atoms with E-state index in [1.165, 1.54) is 38.2 Å². The van der Waals surface area contributed by atoms with E-state index in [2.05, 4.69) is 138 Å². The number of fused-ring (bicyclic) bond motifs is 3. The van der Waals surface area contributed by atoms with Gasteiger partial charge >= 0.3 is 0 Å². The molecular weight excluding hydrogens is 541 g/mol. The first-order valence-corrected chi connectivity index (χ1v) is 15.9. The summed E-state index contributed by atoms with van der Waals surface area (Å²) >= 11 is 1.77. The number of nitrogens with one attached hydrogen (secondary N) is 1. The van der Waals surface area contributed by atoms with E-state index in [-0.39, 0.29) is 0 Å². The third kappa shape index (κ3) is 5.17. The molecule has 5 aromatic carbocycles. The Balaban J connectivity index is 1.29. The molecule has 0 atom stereocenters. The third-order valence-corrected chi connectivity index (χ3v) is 9.06. The van der Waals surface area contributed by atoms with Crippen molar-refractivity contribution in [1.29, 1.82) is 5.41 Å². The summed E-state index contributed by atoms with van der Waals surface area (Å²) in [4.78, 5) is 1.27. The number of thioether (sulfide) groups is 1. The lowest BCUT2D eigenvalue weighted by molar-refractivity contribution is 0.967. The Bertz CT molecular complexity index is 2010. The first kappa shape index (κ1) is 27.0. The van der Waals surface area contributed by atoms with E-state index >= 15 is 0 Å². The van der Waals surface area contributed by atoms with Crippen LogP contribution in [0, 0.1) is 5.41 Å². The second-order valence-corrected chi connectivity index (χ2v) is 11.7. The molecule has 0 aliphatic heterocycles. The van der Waals surface area contributed by atoms with Crippen molar-refractivity contribution in [3.63, 3.8) is 0 Å². The van der Waals surface area contributed by atoms with Crippen molar-refractivity contribution in [2.45, 2.75) is 17.7 Å². The van der Waals surface area contributed by atoms with Gasteiger partial charge in [-0.05, 0) is 88.9 Å². The summed E-state index contributed by atoms with van der Waals surface area (Å²) in [6.45, 7) is 0. The molecule has 1 heterocycles. The predicted molar refractivity (Wildman–Crippen MR) is 185 cm³/mol. The fourth-order valence-electron chi connectivity index (χ4n) is 6.17. The fourth-order valence-corrected chi connectivity index (χ4v) is 6.79. The lowest BCUT2D eigenvalue weighted by Gasteiger charge is -2.14. The van der Waals surface area contributed by atoms with Gasteiger partial charge in [-0.2, -0.15) is 0 Å². The minimum Gasteiger partial charge on any atom is -0.310 e. The fraction of sp³-hybridized carbons (Fsp3) is 0.0750. The molecule has 0 amide bonds. The summed E-state index contributed by atoms with van der Waals surface area (Å²) in [5, 5.41) is 10.6. The van der Waals surface area contributed by atoms with Crippen LogP contribution in [0.15, 0.2) is 144 Å². The molecule has 43 heavy (non-hydrogen) atoms. The van der Waals surface area contributed by atoms with Crippen LogP contribution in [0.4, 0.5) is 0 Å². The highest BCUT2D eigenvalue weighted by molar-refractivity contribution is 7.98. The zero-order valence-corrected chi connectivity index (χ0v) is 24.9. The second-order valence-electron chi connectivity index (χ2n) is 10.8. The summed E-state index contributed by atoms with van der Waals surface area (Å²) in [5.41, 5.74) is 12.0. The van der Waals surface area contributed by atoms with Crippen molar-refractivity contribution >= 4 is 40.0 Å². The van der Waals surface area contributed by atoms with Crippen molar-refractivity contribution in [3.05, 3.63) is 167 Å². The average molecular weight is 573 g/mol. The zero-order valence-electron chi connectivity index (χ0n) is 24.1. The molecule has 0 saturated carbocycles. The van der Waals surface area contributed by atoms with E-state index in [1.54, 1.807) is 11.8 Å². The summed E-state index contributed by atoms with van der Waals surface area (Å²) in [6.07, 6.45) is 10.8. The van der Waals surface area contributed by atoms with Gasteiger partial charge in [0.15, 0.2) is 0 Å². The van der Waals surface area contributed by atoms with Crippen LogP contribution >= 0.6 is 11.8 Å². The molecule has 2 nitrogen and oxygen atoms in total. The van der Waals surface area contributed by atoms with Gasteiger partial charge in [0, 0.05) is 27.2 Å². The van der Waals surface area contributed by atoms with Crippen molar-refractivity contribution < 1.29 is 0 Å². The van der Waals surface area contributed by atoms with Crippen LogP contribution in [-0.4, -0.2) is 16.5 Å². The molecule has 0 fully saturated rings. The predicted octanol–water partition coefficient (Wildman–Crippen LogP) is 10.5. The van der Waals surface area contributed by atoms with E-state index < -0.39 is 0 Å². The van der Waals surface area contributed by atoms with Gasteiger partial charge in [0.2, 0.25) is 0 Å². The van der Waals surface area contributed by atoms with Gasteiger partial charge in [-0.15, -0.1) is 11.8 Å². The first-order valence-electron chi connectivity index (χ1n) is 14.7. The zero-order chi connectivity index (χ0) is 29.2. The summed E-state index contributed by atoms with van der Waals surface area (Å²) < 4.78 is 2.35. The molecule has 7 rings (SSSR count). The Hall–Kier alpha value is -4.86. The number of rotatable bonds is 7. The van der Waals surface area contributed by atoms with E-state index in [0.717, 1.165) is 40.8 Å². The molecule has 3 heteroatoms. The van der Waals surface area contributed by atoms with E-state index in [0.29, 0.717) is 5.71 Å². The normalized spacial score (nSPS) is 12.8. The maximum atomic E-state index is 9.26. The van der Waals surface area contributed by atoms with Crippen LogP contribution in [0.5, 0.6) is 0 Å². The van der Waals surface area contributed by atoms with Crippen molar-refractivity contribution in [2.75, 3.05) is 6.26 Å². The van der Waals surface area contributed by atoms with E-state index in [1.807, 2.05) is 18.2 Å². The topological polar surface area (TPSA) is 28.8 Å². The van der Waals surface area contributed by atoms with Gasteiger partial charge in [-0.3, -0.25) is 0 Å². The highest BCUT2D eigenvalue weighted by Crippen LogP contribution is 2.35. The van der Waals surface area contributed by atoms with Crippen LogP contribution in [0.3, 0.4) is 0 Å². The molecule has 208 valence electrons. The smallest absolute Gasteiger partial charge is 0.0619 e. The Morgan fingerprint density at radius 1 is 0.744 bits per heavy atom. The van der Waals surface area contributed by atoms with Crippen LogP contribution < -0.4 is 0 Å². The minimum atomic E-state index is 0.485. The molecule has 1 aromatic heterocycles. The molecule has 0 spiro atoms. The summed E-state index contributed by atoms with van der Waals surface area (Å²) in [7, 11) is 0. The average Bonchev–Trinajstić information content (AvgIpc) is 3.42. The number of benzene rings is 5. The Labute approximate surface area is 257 Å². The number of nitrogens with zero attached hydrogens (tertiary/aromatic N) is 1. The highest BCUT2D eigenvalue weighted by Gasteiger charge is 2.18. The highest BCUT2D eigenvalue weighted by atomic mass is 32.2. The second kappa shape index (κ2) is 11.8. The van der Waals surface area contributed by atoms with Gasteiger partial charge < -0.3 is 9.98 Å². The maximum absolute atomic E-state index is 9.26. The van der Waals surface area contributed by atoms with Crippen LogP contribution in [0.2, 0.25) is 0 Å². The lowest BCUT2D eigenvalue weighted by atomic mass is 9.93. The number of hydrogen-bond donors (Lipinski definition) is 1. The quantitative estimate of drug-likeness (QED) is 0.150. The van der Waals surface area contributed by atoms with E-state index in [9.17, 15) is 5.41 Å². The van der Waals surface area contributed by atoms with Gasteiger partial charge in [0.25, 0.3) is 0 Å². The minimum absolute atomic E-state index is 0.485. The lowest BCUT2D eigenvalue weighted by Crippen LogP contribution is -2.03. The number of hydrogen-bond acceptors (Lipinski definition) is 2. The van der Waals surface area contributed by atoms with Crippen LogP contribution in [0.25, 0.3) is 39.4 Å². The summed E-state index contributed by atoms with van der Waals surface area (Å²) in [6, 6.07) is 44.8. The largest absolute Gasteiger partial charge is 0.310 e. The first-order chi connectivity index (χ1) is 21.2. The van der Waals surface area contributed by atoms with Gasteiger partial charge in [0.05, 0.1) is 11.2 Å². The molecule has 1 aliphatic rings. The molecule has 0 bridgehead atoms. The van der Waals surface area contributed by atoms with Crippen molar-refractivity contribution in [2.24, 2.45) is 0 Å². The van der Waals surface area contributed by atoms with Crippen molar-refractivity contribution in [3.8, 4) is 16.8 Å².